The summed E-state index contributed by atoms with van der Waals surface area (Å²) in [7, 11) is 0. The van der Waals surface area contributed by atoms with Crippen molar-refractivity contribution in [3.05, 3.63) is 0 Å². The maximum Gasteiger partial charge on any atom is 0.241 e. The van der Waals surface area contributed by atoms with Crippen LogP contribution in [-0.4, -0.2) is 29.6 Å². The summed E-state index contributed by atoms with van der Waals surface area (Å²) >= 11 is 0. The molecule has 1 amide bonds. The van der Waals surface area contributed by atoms with Gasteiger partial charge in [0.15, 0.2) is 0 Å². The second-order valence-electron chi connectivity index (χ2n) is 4.57. The molecule has 1 saturated heterocycles. The van der Waals surface area contributed by atoms with Gasteiger partial charge >= 0.3 is 0 Å². The fourth-order valence-electron chi connectivity index (χ4n) is 1.98. The van der Waals surface area contributed by atoms with E-state index in [0.29, 0.717) is 5.92 Å². The molecule has 0 radical (unpaired) electrons. The molecule has 1 N–H and O–H groups in total. The van der Waals surface area contributed by atoms with E-state index in [1.54, 1.807) is 0 Å². The second-order valence-corrected chi connectivity index (χ2v) is 4.57. The van der Waals surface area contributed by atoms with Crippen LogP contribution < -0.4 is 5.32 Å². The zero-order valence-electron chi connectivity index (χ0n) is 9.71. The maximum absolute atomic E-state index is 11.9. The van der Waals surface area contributed by atoms with E-state index in [1.807, 2.05) is 4.90 Å². The van der Waals surface area contributed by atoms with Crippen LogP contribution in [0.3, 0.4) is 0 Å². The molecule has 0 aromatic rings. The van der Waals surface area contributed by atoms with Gasteiger partial charge in [0.05, 0.1) is 12.2 Å². The zero-order chi connectivity index (χ0) is 10.7. The summed E-state index contributed by atoms with van der Waals surface area (Å²) in [4.78, 5) is 13.9. The van der Waals surface area contributed by atoms with Gasteiger partial charge in [-0.3, -0.25) is 10.1 Å². The van der Waals surface area contributed by atoms with Crippen LogP contribution in [-0.2, 0) is 4.79 Å². The minimum absolute atomic E-state index is 0.0637. The molecule has 2 atom stereocenters. The molecule has 1 aliphatic heterocycles. The number of carbonyl (C=O) groups excluding carboxylic acids is 1. The lowest BCUT2D eigenvalue weighted by Gasteiger charge is -2.22. The molecule has 0 spiro atoms. The van der Waals surface area contributed by atoms with E-state index in [4.69, 9.17) is 0 Å². The highest BCUT2D eigenvalue weighted by Gasteiger charge is 2.35. The summed E-state index contributed by atoms with van der Waals surface area (Å²) in [5.41, 5.74) is 0. The third-order valence-corrected chi connectivity index (χ3v) is 2.63. The standard InChI is InChI=1S/C11H22N2O/c1-5-6-10-11(14)13(7-8(2)3)9(4)12-10/h8-10,12H,5-7H2,1-4H3. The van der Waals surface area contributed by atoms with E-state index in [2.05, 4.69) is 33.0 Å². The lowest BCUT2D eigenvalue weighted by atomic mass is 10.1. The Kier molecular flexibility index (Phi) is 3.93. The van der Waals surface area contributed by atoms with E-state index in [1.165, 1.54) is 0 Å². The molecule has 1 heterocycles. The molecular formula is C11H22N2O. The van der Waals surface area contributed by atoms with Crippen molar-refractivity contribution in [1.82, 2.24) is 10.2 Å². The summed E-state index contributed by atoms with van der Waals surface area (Å²) in [5, 5.41) is 3.34. The SMILES string of the molecule is CCCC1NC(C)N(CC(C)C)C1=O. The highest BCUT2D eigenvalue weighted by atomic mass is 16.2. The fourth-order valence-corrected chi connectivity index (χ4v) is 1.98. The summed E-state index contributed by atoms with van der Waals surface area (Å²) in [6.07, 6.45) is 2.23. The molecule has 1 aliphatic rings. The molecule has 0 aromatic heterocycles. The predicted octanol–water partition coefficient (Wildman–Crippen LogP) is 1.59. The van der Waals surface area contributed by atoms with Crippen LogP contribution in [0.1, 0.15) is 40.5 Å². The largest absolute Gasteiger partial charge is 0.326 e. The average molecular weight is 198 g/mol. The smallest absolute Gasteiger partial charge is 0.241 e. The monoisotopic (exact) mass is 198 g/mol. The van der Waals surface area contributed by atoms with E-state index >= 15 is 0 Å². The molecule has 0 bridgehead atoms. The fraction of sp³-hybridized carbons (Fsp3) is 0.909. The minimum Gasteiger partial charge on any atom is -0.326 e. The van der Waals surface area contributed by atoms with Gasteiger partial charge in [-0.15, -0.1) is 0 Å². The van der Waals surface area contributed by atoms with Crippen LogP contribution in [0.15, 0.2) is 0 Å². The van der Waals surface area contributed by atoms with Gasteiger partial charge in [-0.2, -0.15) is 0 Å². The van der Waals surface area contributed by atoms with E-state index in [0.717, 1.165) is 19.4 Å². The molecule has 3 nitrogen and oxygen atoms in total. The van der Waals surface area contributed by atoms with Crippen molar-refractivity contribution in [2.75, 3.05) is 6.54 Å². The molecule has 0 aliphatic carbocycles. The van der Waals surface area contributed by atoms with Crippen molar-refractivity contribution in [2.45, 2.75) is 52.7 Å². The zero-order valence-corrected chi connectivity index (χ0v) is 9.71. The number of hydrogen-bond donors (Lipinski definition) is 1. The first kappa shape index (κ1) is 11.5. The molecule has 1 rings (SSSR count). The molecule has 1 fully saturated rings. The number of hydrogen-bond acceptors (Lipinski definition) is 2. The number of rotatable bonds is 4. The van der Waals surface area contributed by atoms with E-state index in [9.17, 15) is 4.79 Å². The lowest BCUT2D eigenvalue weighted by molar-refractivity contribution is -0.130. The molecular weight excluding hydrogens is 176 g/mol. The Morgan fingerprint density at radius 1 is 1.50 bits per heavy atom. The Morgan fingerprint density at radius 2 is 2.14 bits per heavy atom. The van der Waals surface area contributed by atoms with Crippen molar-refractivity contribution in [3.8, 4) is 0 Å². The van der Waals surface area contributed by atoms with Gasteiger partial charge in [0, 0.05) is 6.54 Å². The van der Waals surface area contributed by atoms with Gasteiger partial charge < -0.3 is 4.90 Å². The molecule has 82 valence electrons. The Labute approximate surface area is 86.9 Å². The third kappa shape index (κ3) is 2.47. The minimum atomic E-state index is 0.0637. The Balaban J connectivity index is 2.56. The summed E-state index contributed by atoms with van der Waals surface area (Å²) in [6.45, 7) is 9.34. The average Bonchev–Trinajstić information content (AvgIpc) is 2.33. The number of nitrogens with zero attached hydrogens (tertiary/aromatic N) is 1. The Bertz CT molecular complexity index is 203. The Morgan fingerprint density at radius 3 is 2.64 bits per heavy atom. The van der Waals surface area contributed by atoms with Crippen LogP contribution in [0.5, 0.6) is 0 Å². The topological polar surface area (TPSA) is 32.3 Å². The second kappa shape index (κ2) is 4.78. The number of amides is 1. The third-order valence-electron chi connectivity index (χ3n) is 2.63. The summed E-state index contributed by atoms with van der Waals surface area (Å²) in [5.74, 6) is 0.830. The predicted molar refractivity (Wildman–Crippen MR) is 57.8 cm³/mol. The quantitative estimate of drug-likeness (QED) is 0.744. The van der Waals surface area contributed by atoms with Crippen molar-refractivity contribution in [2.24, 2.45) is 5.92 Å². The van der Waals surface area contributed by atoms with Crippen molar-refractivity contribution in [1.29, 1.82) is 0 Å². The molecule has 0 saturated carbocycles. The normalized spacial score (nSPS) is 27.8. The number of carbonyl (C=O) groups is 1. The summed E-state index contributed by atoms with van der Waals surface area (Å²) in [6, 6.07) is 0.0637. The Hall–Kier alpha value is -0.570. The van der Waals surface area contributed by atoms with Crippen LogP contribution in [0, 0.1) is 5.92 Å². The van der Waals surface area contributed by atoms with Crippen LogP contribution >= 0.6 is 0 Å². The van der Waals surface area contributed by atoms with Gasteiger partial charge in [-0.05, 0) is 19.3 Å². The van der Waals surface area contributed by atoms with Gasteiger partial charge in [0.2, 0.25) is 5.91 Å². The molecule has 0 aromatic carbocycles. The molecule has 2 unspecified atom stereocenters. The van der Waals surface area contributed by atoms with E-state index in [-0.39, 0.29) is 18.1 Å². The van der Waals surface area contributed by atoms with Gasteiger partial charge in [0.1, 0.15) is 0 Å². The maximum atomic E-state index is 11.9. The highest BCUT2D eigenvalue weighted by Crippen LogP contribution is 2.15. The van der Waals surface area contributed by atoms with Crippen molar-refractivity contribution in [3.63, 3.8) is 0 Å². The van der Waals surface area contributed by atoms with Crippen molar-refractivity contribution < 1.29 is 4.79 Å². The lowest BCUT2D eigenvalue weighted by Crippen LogP contribution is -2.37. The summed E-state index contributed by atoms with van der Waals surface area (Å²) < 4.78 is 0. The van der Waals surface area contributed by atoms with Crippen LogP contribution in [0.4, 0.5) is 0 Å². The van der Waals surface area contributed by atoms with Gasteiger partial charge in [-0.25, -0.2) is 0 Å². The van der Waals surface area contributed by atoms with Crippen LogP contribution in [0.2, 0.25) is 0 Å². The first-order valence-electron chi connectivity index (χ1n) is 5.62. The molecule has 3 heteroatoms. The first-order chi connectivity index (χ1) is 6.56. The van der Waals surface area contributed by atoms with Gasteiger partial charge in [-0.1, -0.05) is 27.2 Å². The molecule has 14 heavy (non-hydrogen) atoms. The van der Waals surface area contributed by atoms with Crippen molar-refractivity contribution >= 4 is 5.91 Å². The number of nitrogens with one attached hydrogen (secondary N) is 1. The van der Waals surface area contributed by atoms with E-state index < -0.39 is 0 Å². The first-order valence-corrected chi connectivity index (χ1v) is 5.62. The van der Waals surface area contributed by atoms with Gasteiger partial charge in [0.25, 0.3) is 0 Å². The highest BCUT2D eigenvalue weighted by molar-refractivity contribution is 5.84. The van der Waals surface area contributed by atoms with Crippen LogP contribution in [0.25, 0.3) is 0 Å².